The Kier molecular flexibility index (Phi) is 4.64. The summed E-state index contributed by atoms with van der Waals surface area (Å²) in [5.74, 6) is 0.824. The second-order valence-corrected chi connectivity index (χ2v) is 6.33. The fraction of sp³-hybridized carbons (Fsp3) is 0.647. The fourth-order valence-electron chi connectivity index (χ4n) is 3.03. The first kappa shape index (κ1) is 14.5. The van der Waals surface area contributed by atoms with Crippen LogP contribution >= 0.6 is 0 Å². The molecule has 2 heteroatoms. The molecule has 0 radical (unpaired) electrons. The van der Waals surface area contributed by atoms with Gasteiger partial charge in [0.15, 0.2) is 0 Å². The lowest BCUT2D eigenvalue weighted by Gasteiger charge is -2.37. The third kappa shape index (κ3) is 3.58. The predicted molar refractivity (Wildman–Crippen MR) is 80.3 cm³/mol. The predicted octanol–water partition coefficient (Wildman–Crippen LogP) is 3.46. The lowest BCUT2D eigenvalue weighted by Crippen LogP contribution is -2.42. The Morgan fingerprint density at radius 2 is 2.00 bits per heavy atom. The van der Waals surface area contributed by atoms with E-state index in [4.69, 9.17) is 0 Å². The Morgan fingerprint density at radius 1 is 1.26 bits per heavy atom. The number of aliphatic hydroxyl groups excluding tert-OH is 1. The molecule has 1 aliphatic rings. The molecular formula is C17H27NO. The van der Waals surface area contributed by atoms with Crippen molar-refractivity contribution in [3.63, 3.8) is 0 Å². The highest BCUT2D eigenvalue weighted by molar-refractivity contribution is 5.31. The minimum absolute atomic E-state index is 0.366. The molecule has 1 saturated heterocycles. The molecule has 0 spiro atoms. The van der Waals surface area contributed by atoms with Crippen molar-refractivity contribution in [2.24, 2.45) is 5.92 Å². The van der Waals surface area contributed by atoms with Crippen molar-refractivity contribution in [2.75, 3.05) is 13.1 Å². The first-order valence-electron chi connectivity index (χ1n) is 7.46. The number of hydrogen-bond acceptors (Lipinski definition) is 2. The second kappa shape index (κ2) is 6.06. The van der Waals surface area contributed by atoms with Crippen LogP contribution in [-0.4, -0.2) is 29.1 Å². The molecule has 2 rings (SSSR count). The molecule has 19 heavy (non-hydrogen) atoms. The van der Waals surface area contributed by atoms with Gasteiger partial charge in [-0.3, -0.25) is 4.90 Å². The van der Waals surface area contributed by atoms with Gasteiger partial charge < -0.3 is 5.11 Å². The van der Waals surface area contributed by atoms with Gasteiger partial charge in [0.2, 0.25) is 0 Å². The Bertz CT molecular complexity index is 429. The van der Waals surface area contributed by atoms with E-state index in [1.807, 2.05) is 0 Å². The smallest absolute Gasteiger partial charge is 0.0917 e. The topological polar surface area (TPSA) is 23.5 Å². The van der Waals surface area contributed by atoms with Crippen LogP contribution in [0.25, 0.3) is 0 Å². The highest BCUT2D eigenvalue weighted by Crippen LogP contribution is 2.25. The zero-order valence-corrected chi connectivity index (χ0v) is 12.7. The second-order valence-electron chi connectivity index (χ2n) is 6.33. The molecule has 0 aromatic heterocycles. The number of benzene rings is 1. The molecule has 1 heterocycles. The van der Waals surface area contributed by atoms with E-state index in [1.54, 1.807) is 0 Å². The van der Waals surface area contributed by atoms with E-state index >= 15 is 0 Å². The summed E-state index contributed by atoms with van der Waals surface area (Å²) in [6, 6.07) is 6.88. The van der Waals surface area contributed by atoms with E-state index < -0.39 is 0 Å². The van der Waals surface area contributed by atoms with Crippen LogP contribution in [0.5, 0.6) is 0 Å². The van der Waals surface area contributed by atoms with Crippen molar-refractivity contribution in [3.8, 4) is 0 Å². The number of rotatable bonds is 3. The Balaban J connectivity index is 2.00. The zero-order valence-electron chi connectivity index (χ0n) is 12.7. The van der Waals surface area contributed by atoms with Gasteiger partial charge in [-0.15, -0.1) is 0 Å². The van der Waals surface area contributed by atoms with Crippen molar-refractivity contribution in [2.45, 2.75) is 52.7 Å². The van der Waals surface area contributed by atoms with Crippen LogP contribution in [0.3, 0.4) is 0 Å². The number of piperidine rings is 1. The number of aryl methyl sites for hydroxylation is 2. The van der Waals surface area contributed by atoms with Crippen LogP contribution in [0.15, 0.2) is 18.2 Å². The van der Waals surface area contributed by atoms with E-state index in [0.29, 0.717) is 6.04 Å². The van der Waals surface area contributed by atoms with E-state index in [1.165, 1.54) is 24.0 Å². The third-order valence-electron chi connectivity index (χ3n) is 4.60. The number of β-amino-alcohol motifs (C(OH)–C–C–N with tert-alkyl or cyclic N) is 1. The normalized spacial score (nSPS) is 26.4. The van der Waals surface area contributed by atoms with Gasteiger partial charge in [-0.1, -0.05) is 25.1 Å². The zero-order chi connectivity index (χ0) is 14.0. The van der Waals surface area contributed by atoms with Crippen molar-refractivity contribution < 1.29 is 5.11 Å². The van der Waals surface area contributed by atoms with Crippen LogP contribution in [0.4, 0.5) is 0 Å². The maximum Gasteiger partial charge on any atom is 0.0917 e. The molecule has 0 aliphatic carbocycles. The quantitative estimate of drug-likeness (QED) is 0.900. The average Bonchev–Trinajstić information content (AvgIpc) is 2.36. The van der Waals surface area contributed by atoms with Gasteiger partial charge in [-0.25, -0.2) is 0 Å². The summed E-state index contributed by atoms with van der Waals surface area (Å²) in [6.45, 7) is 10.7. The van der Waals surface area contributed by atoms with E-state index in [9.17, 15) is 5.11 Å². The van der Waals surface area contributed by atoms with E-state index in [-0.39, 0.29) is 6.10 Å². The monoisotopic (exact) mass is 261 g/mol. The molecule has 1 fully saturated rings. The molecule has 1 aliphatic heterocycles. The van der Waals surface area contributed by atoms with Crippen molar-refractivity contribution in [3.05, 3.63) is 34.9 Å². The molecule has 1 aromatic rings. The summed E-state index contributed by atoms with van der Waals surface area (Å²) in [5.41, 5.74) is 3.60. The SMILES string of the molecule is Cc1ccc(C(O)CN2CCC(C)CC2C)cc1C. The third-order valence-corrected chi connectivity index (χ3v) is 4.60. The van der Waals surface area contributed by atoms with Crippen LogP contribution in [0.2, 0.25) is 0 Å². The van der Waals surface area contributed by atoms with Gasteiger partial charge in [0, 0.05) is 12.6 Å². The maximum absolute atomic E-state index is 10.4. The summed E-state index contributed by atoms with van der Waals surface area (Å²) in [6.07, 6.45) is 2.14. The maximum atomic E-state index is 10.4. The van der Waals surface area contributed by atoms with E-state index in [2.05, 4.69) is 50.8 Å². The van der Waals surface area contributed by atoms with Crippen molar-refractivity contribution in [1.82, 2.24) is 4.90 Å². The van der Waals surface area contributed by atoms with Crippen molar-refractivity contribution in [1.29, 1.82) is 0 Å². The highest BCUT2D eigenvalue weighted by Gasteiger charge is 2.24. The summed E-state index contributed by atoms with van der Waals surface area (Å²) in [7, 11) is 0. The van der Waals surface area contributed by atoms with Gasteiger partial charge in [-0.2, -0.15) is 0 Å². The largest absolute Gasteiger partial charge is 0.387 e. The molecule has 0 bridgehead atoms. The van der Waals surface area contributed by atoms with Crippen LogP contribution in [-0.2, 0) is 0 Å². The Labute approximate surface area is 117 Å². The minimum Gasteiger partial charge on any atom is -0.387 e. The number of hydrogen-bond donors (Lipinski definition) is 1. The molecule has 1 N–H and O–H groups in total. The van der Waals surface area contributed by atoms with Crippen LogP contribution < -0.4 is 0 Å². The summed E-state index contributed by atoms with van der Waals surface area (Å²) >= 11 is 0. The van der Waals surface area contributed by atoms with Crippen LogP contribution in [0.1, 0.15) is 49.5 Å². The number of likely N-dealkylation sites (tertiary alicyclic amines) is 1. The molecule has 2 nitrogen and oxygen atoms in total. The van der Waals surface area contributed by atoms with Crippen molar-refractivity contribution >= 4 is 0 Å². The number of aliphatic hydroxyl groups is 1. The summed E-state index contributed by atoms with van der Waals surface area (Å²) in [4.78, 5) is 2.43. The molecule has 3 unspecified atom stereocenters. The molecule has 0 saturated carbocycles. The molecule has 0 amide bonds. The molecular weight excluding hydrogens is 234 g/mol. The fourth-order valence-corrected chi connectivity index (χ4v) is 3.03. The first-order chi connectivity index (χ1) is 8.97. The number of nitrogens with zero attached hydrogens (tertiary/aromatic N) is 1. The summed E-state index contributed by atoms with van der Waals surface area (Å²) in [5, 5.41) is 10.4. The lowest BCUT2D eigenvalue weighted by molar-refractivity contribution is 0.0601. The summed E-state index contributed by atoms with van der Waals surface area (Å²) < 4.78 is 0. The van der Waals surface area contributed by atoms with E-state index in [0.717, 1.165) is 24.6 Å². The first-order valence-corrected chi connectivity index (χ1v) is 7.46. The minimum atomic E-state index is -0.366. The van der Waals surface area contributed by atoms with Gasteiger partial charge in [-0.05, 0) is 62.8 Å². The van der Waals surface area contributed by atoms with Gasteiger partial charge in [0.25, 0.3) is 0 Å². The standard InChI is InChI=1S/C17H27NO/c1-12-7-8-18(15(4)9-12)11-17(19)16-6-5-13(2)14(3)10-16/h5-6,10,12,15,17,19H,7-9,11H2,1-4H3. The molecule has 106 valence electrons. The highest BCUT2D eigenvalue weighted by atomic mass is 16.3. The van der Waals surface area contributed by atoms with Gasteiger partial charge in [0.05, 0.1) is 6.10 Å². The van der Waals surface area contributed by atoms with Gasteiger partial charge in [0.1, 0.15) is 0 Å². The lowest BCUT2D eigenvalue weighted by atomic mass is 9.92. The Hall–Kier alpha value is -0.860. The van der Waals surface area contributed by atoms with Crippen LogP contribution in [0, 0.1) is 19.8 Å². The Morgan fingerprint density at radius 3 is 2.63 bits per heavy atom. The van der Waals surface area contributed by atoms with Gasteiger partial charge >= 0.3 is 0 Å². The molecule has 3 atom stereocenters. The average molecular weight is 261 g/mol. The molecule has 1 aromatic carbocycles.